The summed E-state index contributed by atoms with van der Waals surface area (Å²) < 4.78 is 0. The first-order valence-electron chi connectivity index (χ1n) is 5.18. The van der Waals surface area contributed by atoms with Crippen LogP contribution in [0.15, 0.2) is 6.07 Å². The van der Waals surface area contributed by atoms with Crippen LogP contribution in [0.2, 0.25) is 0 Å². The first-order valence-corrected chi connectivity index (χ1v) is 5.18. The second-order valence-corrected chi connectivity index (χ2v) is 3.39. The lowest BCUT2D eigenvalue weighted by Gasteiger charge is -2.16. The van der Waals surface area contributed by atoms with Crippen molar-refractivity contribution < 1.29 is 0 Å². The third kappa shape index (κ3) is 3.36. The van der Waals surface area contributed by atoms with Crippen LogP contribution in [0.3, 0.4) is 0 Å². The highest BCUT2D eigenvalue weighted by molar-refractivity contribution is 5.48. The monoisotopic (exact) mass is 209 g/mol. The summed E-state index contributed by atoms with van der Waals surface area (Å²) >= 11 is 0. The molecule has 0 aliphatic carbocycles. The predicted molar refractivity (Wildman–Crippen MR) is 63.3 cm³/mol. The Kier molecular flexibility index (Phi) is 4.30. The van der Waals surface area contributed by atoms with Gasteiger partial charge in [-0.1, -0.05) is 0 Å². The van der Waals surface area contributed by atoms with Crippen LogP contribution in [0.25, 0.3) is 0 Å². The van der Waals surface area contributed by atoms with Gasteiger partial charge in [-0.05, 0) is 13.8 Å². The van der Waals surface area contributed by atoms with Gasteiger partial charge in [0.1, 0.15) is 17.5 Å². The van der Waals surface area contributed by atoms with Crippen molar-refractivity contribution in [1.29, 1.82) is 0 Å². The lowest BCUT2D eigenvalue weighted by atomic mass is 10.4. The fourth-order valence-electron chi connectivity index (χ4n) is 1.20. The molecule has 84 valence electrons. The molecule has 0 aliphatic rings. The Bertz CT molecular complexity index is 313. The summed E-state index contributed by atoms with van der Waals surface area (Å²) in [5.41, 5.74) is 5.42. The molecule has 0 unspecified atom stereocenters. The number of nitrogens with one attached hydrogen (secondary N) is 1. The van der Waals surface area contributed by atoms with Crippen molar-refractivity contribution >= 4 is 11.6 Å². The van der Waals surface area contributed by atoms with Crippen LogP contribution in [0, 0.1) is 6.92 Å². The van der Waals surface area contributed by atoms with Gasteiger partial charge in [-0.15, -0.1) is 0 Å². The predicted octanol–water partition coefficient (Wildman–Crippen LogP) is 0.612. The van der Waals surface area contributed by atoms with Crippen LogP contribution < -0.4 is 16.0 Å². The van der Waals surface area contributed by atoms with Gasteiger partial charge in [0.05, 0.1) is 0 Å². The van der Waals surface area contributed by atoms with Gasteiger partial charge >= 0.3 is 0 Å². The van der Waals surface area contributed by atoms with E-state index in [1.807, 2.05) is 20.0 Å². The second-order valence-electron chi connectivity index (χ2n) is 3.39. The molecule has 5 heteroatoms. The molecule has 5 nitrogen and oxygen atoms in total. The van der Waals surface area contributed by atoms with Crippen LogP contribution in [0.4, 0.5) is 11.6 Å². The molecule has 0 aliphatic heterocycles. The van der Waals surface area contributed by atoms with Gasteiger partial charge in [0.15, 0.2) is 0 Å². The molecule has 0 saturated heterocycles. The highest BCUT2D eigenvalue weighted by Gasteiger charge is 2.04. The van der Waals surface area contributed by atoms with Crippen LogP contribution in [0.5, 0.6) is 0 Å². The minimum absolute atomic E-state index is 0.599. The summed E-state index contributed by atoms with van der Waals surface area (Å²) in [6, 6.07) is 1.94. The van der Waals surface area contributed by atoms with E-state index < -0.39 is 0 Å². The molecule has 0 radical (unpaired) electrons. The topological polar surface area (TPSA) is 67.1 Å². The first kappa shape index (κ1) is 11.7. The molecule has 0 atom stereocenters. The van der Waals surface area contributed by atoms with Gasteiger partial charge in [-0.25, -0.2) is 9.97 Å². The van der Waals surface area contributed by atoms with Crippen molar-refractivity contribution in [1.82, 2.24) is 9.97 Å². The number of nitrogens with two attached hydrogens (primary N) is 1. The Morgan fingerprint density at radius 1 is 1.47 bits per heavy atom. The van der Waals surface area contributed by atoms with E-state index in [0.29, 0.717) is 6.54 Å². The van der Waals surface area contributed by atoms with Crippen molar-refractivity contribution in [2.75, 3.05) is 36.9 Å². The van der Waals surface area contributed by atoms with E-state index in [9.17, 15) is 0 Å². The maximum absolute atomic E-state index is 5.42. The molecular formula is C10H19N5. The van der Waals surface area contributed by atoms with Crippen molar-refractivity contribution in [2.45, 2.75) is 13.8 Å². The van der Waals surface area contributed by atoms with E-state index >= 15 is 0 Å². The van der Waals surface area contributed by atoms with Gasteiger partial charge in [0.25, 0.3) is 0 Å². The number of nitrogens with zero attached hydrogens (tertiary/aromatic N) is 3. The molecule has 0 fully saturated rings. The zero-order valence-electron chi connectivity index (χ0n) is 9.62. The van der Waals surface area contributed by atoms with Crippen LogP contribution in [0.1, 0.15) is 12.7 Å². The van der Waals surface area contributed by atoms with E-state index in [-0.39, 0.29) is 0 Å². The number of hydrogen-bond donors (Lipinski definition) is 2. The molecular weight excluding hydrogens is 190 g/mol. The molecule has 0 aromatic carbocycles. The number of aromatic nitrogens is 2. The zero-order valence-corrected chi connectivity index (χ0v) is 9.62. The van der Waals surface area contributed by atoms with Gasteiger partial charge in [0.2, 0.25) is 0 Å². The van der Waals surface area contributed by atoms with Gasteiger partial charge in [-0.3, -0.25) is 0 Å². The molecule has 1 aromatic rings. The summed E-state index contributed by atoms with van der Waals surface area (Å²) in [7, 11) is 2.01. The minimum Gasteiger partial charge on any atom is -0.369 e. The summed E-state index contributed by atoms with van der Waals surface area (Å²) in [6.45, 7) is 6.23. The maximum Gasteiger partial charge on any atom is 0.134 e. The normalized spacial score (nSPS) is 10.1. The number of rotatable bonds is 5. The largest absolute Gasteiger partial charge is 0.369 e. The maximum atomic E-state index is 5.42. The number of hydrogen-bond acceptors (Lipinski definition) is 5. The van der Waals surface area contributed by atoms with E-state index in [4.69, 9.17) is 5.73 Å². The molecule has 1 heterocycles. The summed E-state index contributed by atoms with van der Waals surface area (Å²) in [5, 5.41) is 3.15. The van der Waals surface area contributed by atoms with Crippen molar-refractivity contribution in [3.8, 4) is 0 Å². The van der Waals surface area contributed by atoms with E-state index in [1.54, 1.807) is 0 Å². The third-order valence-corrected chi connectivity index (χ3v) is 2.14. The Labute approximate surface area is 90.7 Å². The molecule has 3 N–H and O–H groups in total. The van der Waals surface area contributed by atoms with Crippen LogP contribution in [-0.2, 0) is 0 Å². The average Bonchev–Trinajstić information content (AvgIpc) is 2.24. The third-order valence-electron chi connectivity index (χ3n) is 2.14. The lowest BCUT2D eigenvalue weighted by molar-refractivity contribution is 0.908. The zero-order chi connectivity index (χ0) is 11.3. The van der Waals surface area contributed by atoms with E-state index in [2.05, 4.69) is 27.1 Å². The van der Waals surface area contributed by atoms with Gasteiger partial charge in [-0.2, -0.15) is 0 Å². The molecule has 0 spiro atoms. The standard InChI is InChI=1S/C10H19N5/c1-4-15(3)10-7-9(12-6-5-11)13-8(2)14-10/h7H,4-6,11H2,1-3H3,(H,12,13,14). The highest BCUT2D eigenvalue weighted by atomic mass is 15.2. The Balaban J connectivity index is 2.84. The number of anilines is 2. The number of aryl methyl sites for hydroxylation is 1. The quantitative estimate of drug-likeness (QED) is 0.744. The molecule has 0 bridgehead atoms. The first-order chi connectivity index (χ1) is 7.17. The van der Waals surface area contributed by atoms with E-state index in [0.717, 1.165) is 30.5 Å². The van der Waals surface area contributed by atoms with Gasteiger partial charge in [0, 0.05) is 32.7 Å². The van der Waals surface area contributed by atoms with E-state index in [1.165, 1.54) is 0 Å². The highest BCUT2D eigenvalue weighted by Crippen LogP contribution is 2.13. The molecule has 0 saturated carbocycles. The minimum atomic E-state index is 0.599. The summed E-state index contributed by atoms with van der Waals surface area (Å²) in [5.74, 6) is 2.54. The average molecular weight is 209 g/mol. The van der Waals surface area contributed by atoms with Crippen LogP contribution >= 0.6 is 0 Å². The fraction of sp³-hybridized carbons (Fsp3) is 0.600. The summed E-state index contributed by atoms with van der Waals surface area (Å²) in [4.78, 5) is 10.7. The van der Waals surface area contributed by atoms with Crippen molar-refractivity contribution in [3.05, 3.63) is 11.9 Å². The molecule has 0 amide bonds. The summed E-state index contributed by atoms with van der Waals surface area (Å²) in [6.07, 6.45) is 0. The fourth-order valence-corrected chi connectivity index (χ4v) is 1.20. The molecule has 1 aromatic heterocycles. The molecule has 15 heavy (non-hydrogen) atoms. The smallest absolute Gasteiger partial charge is 0.134 e. The van der Waals surface area contributed by atoms with Crippen LogP contribution in [-0.4, -0.2) is 36.6 Å². The molecule has 1 rings (SSSR count). The van der Waals surface area contributed by atoms with Gasteiger partial charge < -0.3 is 16.0 Å². The SMILES string of the molecule is CCN(C)c1cc(NCCN)nc(C)n1. The lowest BCUT2D eigenvalue weighted by Crippen LogP contribution is -2.19. The van der Waals surface area contributed by atoms with Crippen molar-refractivity contribution in [2.24, 2.45) is 5.73 Å². The Hall–Kier alpha value is -1.36. The second kappa shape index (κ2) is 5.50. The Morgan fingerprint density at radius 2 is 2.20 bits per heavy atom. The Morgan fingerprint density at radius 3 is 2.80 bits per heavy atom. The van der Waals surface area contributed by atoms with Crippen molar-refractivity contribution in [3.63, 3.8) is 0 Å².